The number of imide groups is 1. The molecule has 4 rings (SSSR count). The first kappa shape index (κ1) is 19.9. The van der Waals surface area contributed by atoms with Crippen molar-refractivity contribution >= 4 is 17.8 Å². The van der Waals surface area contributed by atoms with E-state index in [-0.39, 0.29) is 24.4 Å². The third-order valence-corrected chi connectivity index (χ3v) is 7.26. The fourth-order valence-electron chi connectivity index (χ4n) is 5.30. The summed E-state index contributed by atoms with van der Waals surface area (Å²) < 4.78 is 0. The van der Waals surface area contributed by atoms with Crippen LogP contribution >= 0.6 is 0 Å². The highest BCUT2D eigenvalue weighted by Gasteiger charge is 2.53. The Morgan fingerprint density at radius 3 is 2.79 bits per heavy atom. The van der Waals surface area contributed by atoms with Crippen LogP contribution in [0.25, 0.3) is 0 Å². The van der Waals surface area contributed by atoms with Crippen LogP contribution in [-0.2, 0) is 21.5 Å². The second-order valence-corrected chi connectivity index (χ2v) is 9.03. The molecule has 2 aliphatic carbocycles. The molecule has 1 saturated carbocycles. The van der Waals surface area contributed by atoms with Crippen LogP contribution in [0.5, 0.6) is 0 Å². The number of urea groups is 1. The van der Waals surface area contributed by atoms with Crippen LogP contribution in [0.4, 0.5) is 4.79 Å². The maximum Gasteiger partial charge on any atom is 0.325 e. The van der Waals surface area contributed by atoms with Gasteiger partial charge in [0.05, 0.1) is 0 Å². The van der Waals surface area contributed by atoms with E-state index in [0.717, 1.165) is 48.1 Å². The summed E-state index contributed by atoms with van der Waals surface area (Å²) >= 11 is 0. The molecule has 4 amide bonds. The highest BCUT2D eigenvalue weighted by atomic mass is 16.2. The van der Waals surface area contributed by atoms with E-state index < -0.39 is 11.6 Å². The number of nitrogens with zero attached hydrogens (tertiary/aromatic N) is 1. The Morgan fingerprint density at radius 1 is 1.17 bits per heavy atom. The first-order chi connectivity index (χ1) is 13.9. The van der Waals surface area contributed by atoms with Crippen molar-refractivity contribution in [1.82, 2.24) is 15.5 Å². The van der Waals surface area contributed by atoms with Gasteiger partial charge >= 0.3 is 6.03 Å². The number of benzene rings is 1. The molecular formula is C23H31N3O3. The molecule has 0 bridgehead atoms. The van der Waals surface area contributed by atoms with Crippen molar-refractivity contribution in [3.8, 4) is 0 Å². The lowest BCUT2D eigenvalue weighted by Crippen LogP contribution is -2.49. The molecule has 2 fully saturated rings. The molecule has 1 saturated heterocycles. The summed E-state index contributed by atoms with van der Waals surface area (Å²) in [6, 6.07) is 7.49. The van der Waals surface area contributed by atoms with Gasteiger partial charge in [-0.1, -0.05) is 51.0 Å². The van der Waals surface area contributed by atoms with Crippen LogP contribution in [0.15, 0.2) is 24.3 Å². The number of hydrogen-bond donors (Lipinski definition) is 2. The average Bonchev–Trinajstić information content (AvgIpc) is 2.84. The lowest BCUT2D eigenvalue weighted by atomic mass is 9.78. The van der Waals surface area contributed by atoms with Gasteiger partial charge in [0, 0.05) is 6.04 Å². The summed E-state index contributed by atoms with van der Waals surface area (Å²) in [5.41, 5.74) is 0.959. The largest absolute Gasteiger partial charge is 0.352 e. The van der Waals surface area contributed by atoms with Gasteiger partial charge in [-0.05, 0) is 55.1 Å². The van der Waals surface area contributed by atoms with Crippen LogP contribution < -0.4 is 10.6 Å². The SMILES string of the molecule is CC1CCCC(NC(=O)CN2C(=O)NC3(CCCCc4ccccc43)C2=O)C1C. The monoisotopic (exact) mass is 397 g/mol. The second kappa shape index (κ2) is 7.81. The van der Waals surface area contributed by atoms with E-state index in [0.29, 0.717) is 18.3 Å². The maximum atomic E-state index is 13.4. The van der Waals surface area contributed by atoms with Gasteiger partial charge in [-0.15, -0.1) is 0 Å². The Hall–Kier alpha value is -2.37. The molecule has 1 aliphatic heterocycles. The number of carbonyl (C=O) groups excluding carboxylic acids is 3. The fourth-order valence-corrected chi connectivity index (χ4v) is 5.30. The highest BCUT2D eigenvalue weighted by Crippen LogP contribution is 2.39. The molecule has 1 heterocycles. The number of amides is 4. The summed E-state index contributed by atoms with van der Waals surface area (Å²) in [5.74, 6) is 0.419. The predicted molar refractivity (Wildman–Crippen MR) is 110 cm³/mol. The number of hydrogen-bond acceptors (Lipinski definition) is 3. The molecule has 2 N–H and O–H groups in total. The van der Waals surface area contributed by atoms with Crippen molar-refractivity contribution in [2.45, 2.75) is 70.4 Å². The molecule has 156 valence electrons. The molecule has 6 heteroatoms. The minimum Gasteiger partial charge on any atom is -0.352 e. The minimum absolute atomic E-state index is 0.111. The van der Waals surface area contributed by atoms with Crippen molar-refractivity contribution in [3.63, 3.8) is 0 Å². The Bertz CT molecular complexity index is 823. The topological polar surface area (TPSA) is 78.5 Å². The van der Waals surface area contributed by atoms with E-state index in [4.69, 9.17) is 0 Å². The number of aryl methyl sites for hydroxylation is 1. The zero-order valence-electron chi connectivity index (χ0n) is 17.4. The Balaban J connectivity index is 1.51. The molecule has 3 aliphatic rings. The van der Waals surface area contributed by atoms with E-state index >= 15 is 0 Å². The zero-order chi connectivity index (χ0) is 20.6. The Labute approximate surface area is 172 Å². The Morgan fingerprint density at radius 2 is 1.97 bits per heavy atom. The number of carbonyl (C=O) groups is 3. The maximum absolute atomic E-state index is 13.4. The van der Waals surface area contributed by atoms with Crippen LogP contribution in [0.1, 0.15) is 63.5 Å². The zero-order valence-corrected chi connectivity index (χ0v) is 17.4. The first-order valence-electron chi connectivity index (χ1n) is 10.9. The normalized spacial score (nSPS) is 31.9. The second-order valence-electron chi connectivity index (χ2n) is 9.03. The molecular weight excluding hydrogens is 366 g/mol. The average molecular weight is 398 g/mol. The van der Waals surface area contributed by atoms with Gasteiger partial charge in [0.1, 0.15) is 12.1 Å². The molecule has 6 nitrogen and oxygen atoms in total. The van der Waals surface area contributed by atoms with Gasteiger partial charge in [0.2, 0.25) is 5.91 Å². The van der Waals surface area contributed by atoms with Gasteiger partial charge in [-0.2, -0.15) is 0 Å². The van der Waals surface area contributed by atoms with Crippen molar-refractivity contribution in [2.75, 3.05) is 6.54 Å². The number of rotatable bonds is 3. The van der Waals surface area contributed by atoms with Gasteiger partial charge < -0.3 is 10.6 Å². The summed E-state index contributed by atoms with van der Waals surface area (Å²) in [4.78, 5) is 40.0. The summed E-state index contributed by atoms with van der Waals surface area (Å²) in [7, 11) is 0. The molecule has 0 aromatic heterocycles. The van der Waals surface area contributed by atoms with Crippen molar-refractivity contribution in [1.29, 1.82) is 0 Å². The van der Waals surface area contributed by atoms with E-state index in [1.165, 1.54) is 6.42 Å². The lowest BCUT2D eigenvalue weighted by molar-refractivity contribution is -0.135. The molecule has 4 atom stereocenters. The van der Waals surface area contributed by atoms with Crippen molar-refractivity contribution in [3.05, 3.63) is 35.4 Å². The number of nitrogens with one attached hydrogen (secondary N) is 2. The summed E-state index contributed by atoms with van der Waals surface area (Å²) in [5, 5.41) is 6.02. The smallest absolute Gasteiger partial charge is 0.325 e. The Kier molecular flexibility index (Phi) is 5.36. The number of fused-ring (bicyclic) bond motifs is 2. The summed E-state index contributed by atoms with van der Waals surface area (Å²) in [6.45, 7) is 4.17. The molecule has 4 unspecified atom stereocenters. The van der Waals surface area contributed by atoms with E-state index in [2.05, 4.69) is 24.5 Å². The van der Waals surface area contributed by atoms with Gasteiger partial charge in [-0.3, -0.25) is 14.5 Å². The molecule has 1 spiro atoms. The van der Waals surface area contributed by atoms with Crippen LogP contribution in [0.3, 0.4) is 0 Å². The third-order valence-electron chi connectivity index (χ3n) is 7.26. The van der Waals surface area contributed by atoms with Gasteiger partial charge in [0.15, 0.2) is 0 Å². The van der Waals surface area contributed by atoms with Crippen LogP contribution in [0.2, 0.25) is 0 Å². The van der Waals surface area contributed by atoms with Crippen LogP contribution in [-0.4, -0.2) is 35.3 Å². The first-order valence-corrected chi connectivity index (χ1v) is 10.9. The fraction of sp³-hybridized carbons (Fsp3) is 0.609. The van der Waals surface area contributed by atoms with Crippen LogP contribution in [0, 0.1) is 11.8 Å². The third kappa shape index (κ3) is 3.53. The van der Waals surface area contributed by atoms with Crippen molar-refractivity contribution < 1.29 is 14.4 Å². The minimum atomic E-state index is -1.03. The summed E-state index contributed by atoms with van der Waals surface area (Å²) in [6.07, 6.45) is 6.55. The standard InChI is InChI=1S/C23H31N3O3/c1-15-8-7-12-19(16(15)2)24-20(27)14-26-21(28)23(25-22(26)29)13-6-5-10-17-9-3-4-11-18(17)23/h3-4,9,11,15-16,19H,5-8,10,12-14H2,1-2H3,(H,24,27)(H,25,29). The predicted octanol–water partition coefficient (Wildman–Crippen LogP) is 3.10. The molecule has 0 radical (unpaired) electrons. The lowest BCUT2D eigenvalue weighted by Gasteiger charge is -2.34. The van der Waals surface area contributed by atoms with E-state index in [1.807, 2.05) is 24.3 Å². The quantitative estimate of drug-likeness (QED) is 0.770. The van der Waals surface area contributed by atoms with E-state index in [1.54, 1.807) is 0 Å². The highest BCUT2D eigenvalue weighted by molar-refractivity contribution is 6.09. The molecule has 29 heavy (non-hydrogen) atoms. The van der Waals surface area contributed by atoms with Gasteiger partial charge in [0.25, 0.3) is 5.91 Å². The van der Waals surface area contributed by atoms with Gasteiger partial charge in [-0.25, -0.2) is 4.79 Å². The van der Waals surface area contributed by atoms with Crippen molar-refractivity contribution in [2.24, 2.45) is 11.8 Å². The molecule has 1 aromatic rings. The van der Waals surface area contributed by atoms with E-state index in [9.17, 15) is 14.4 Å². The molecule has 1 aromatic carbocycles.